The quantitative estimate of drug-likeness (QED) is 0.506. The molecule has 0 unspecified atom stereocenters. The first-order valence-electron chi connectivity index (χ1n) is 12.1. The Morgan fingerprint density at radius 3 is 2.64 bits per heavy atom. The van der Waals surface area contributed by atoms with Crippen molar-refractivity contribution < 1.29 is 18.7 Å². The molecular formula is C29H28FN3O3. The van der Waals surface area contributed by atoms with Gasteiger partial charge in [0, 0.05) is 31.4 Å². The van der Waals surface area contributed by atoms with Crippen LogP contribution in [0.2, 0.25) is 0 Å². The zero-order chi connectivity index (χ0) is 25.2. The molecule has 6 nitrogen and oxygen atoms in total. The average Bonchev–Trinajstić information content (AvgIpc) is 2.86. The van der Waals surface area contributed by atoms with Gasteiger partial charge in [0.25, 0.3) is 5.91 Å². The van der Waals surface area contributed by atoms with Crippen molar-refractivity contribution in [2.24, 2.45) is 0 Å². The Bertz CT molecular complexity index is 1340. The van der Waals surface area contributed by atoms with Crippen molar-refractivity contribution in [2.75, 3.05) is 36.0 Å². The number of piperazine rings is 1. The maximum absolute atomic E-state index is 13.7. The van der Waals surface area contributed by atoms with E-state index in [1.807, 2.05) is 11.0 Å². The largest absolute Gasteiger partial charge is 0.449 e. The number of carbonyl (C=O) groups excluding carboxylic acids is 2. The van der Waals surface area contributed by atoms with Crippen molar-refractivity contribution in [3.63, 3.8) is 0 Å². The normalized spacial score (nSPS) is 18.8. The van der Waals surface area contributed by atoms with E-state index in [1.165, 1.54) is 28.7 Å². The van der Waals surface area contributed by atoms with Crippen LogP contribution in [0, 0.1) is 12.7 Å². The molecule has 0 N–H and O–H groups in total. The van der Waals surface area contributed by atoms with Crippen molar-refractivity contribution in [2.45, 2.75) is 19.9 Å². The lowest BCUT2D eigenvalue weighted by Gasteiger charge is -2.42. The van der Waals surface area contributed by atoms with Gasteiger partial charge in [-0.3, -0.25) is 14.5 Å². The van der Waals surface area contributed by atoms with Crippen LogP contribution in [0.3, 0.4) is 0 Å². The van der Waals surface area contributed by atoms with Crippen LogP contribution >= 0.6 is 0 Å². The lowest BCUT2D eigenvalue weighted by molar-refractivity contribution is -0.132. The van der Waals surface area contributed by atoms with Gasteiger partial charge in [-0.25, -0.2) is 4.39 Å². The van der Waals surface area contributed by atoms with Crippen molar-refractivity contribution in [3.05, 3.63) is 95.5 Å². The Balaban J connectivity index is 1.34. The van der Waals surface area contributed by atoms with Gasteiger partial charge in [0.2, 0.25) is 5.91 Å². The van der Waals surface area contributed by atoms with E-state index in [0.717, 1.165) is 5.69 Å². The molecule has 1 fully saturated rings. The van der Waals surface area contributed by atoms with Crippen molar-refractivity contribution in [1.29, 1.82) is 0 Å². The number of hydrogen-bond donors (Lipinski definition) is 0. The van der Waals surface area contributed by atoms with Crippen LogP contribution < -0.4 is 14.5 Å². The summed E-state index contributed by atoms with van der Waals surface area (Å²) in [6.07, 6.45) is 1.50. The van der Waals surface area contributed by atoms with E-state index in [1.54, 1.807) is 36.4 Å². The number of anilines is 2. The highest BCUT2D eigenvalue weighted by Gasteiger charge is 2.34. The Labute approximate surface area is 210 Å². The van der Waals surface area contributed by atoms with Crippen molar-refractivity contribution in [3.8, 4) is 5.75 Å². The van der Waals surface area contributed by atoms with E-state index in [2.05, 4.69) is 36.9 Å². The first kappa shape index (κ1) is 23.6. The van der Waals surface area contributed by atoms with Gasteiger partial charge >= 0.3 is 0 Å². The first-order chi connectivity index (χ1) is 17.4. The van der Waals surface area contributed by atoms with Gasteiger partial charge in [0.15, 0.2) is 11.5 Å². The van der Waals surface area contributed by atoms with Crippen LogP contribution in [0.5, 0.6) is 5.75 Å². The molecule has 3 aromatic rings. The maximum atomic E-state index is 13.7. The molecule has 0 radical (unpaired) electrons. The Morgan fingerprint density at radius 1 is 1.06 bits per heavy atom. The molecule has 0 aliphatic carbocycles. The third-order valence-corrected chi connectivity index (χ3v) is 6.59. The zero-order valence-corrected chi connectivity index (χ0v) is 20.4. The molecule has 0 aromatic heterocycles. The van der Waals surface area contributed by atoms with E-state index in [9.17, 15) is 14.0 Å². The lowest BCUT2D eigenvalue weighted by atomic mass is 10.1. The lowest BCUT2D eigenvalue weighted by Crippen LogP contribution is -2.56. The second kappa shape index (κ2) is 9.85. The number of benzene rings is 3. The number of aryl methyl sites for hydroxylation is 1. The average molecular weight is 486 g/mol. The van der Waals surface area contributed by atoms with Crippen LogP contribution in [0.1, 0.15) is 18.1 Å². The number of carbonyl (C=O) groups is 2. The molecule has 0 bridgehead atoms. The number of para-hydroxylation sites is 2. The number of amides is 2. The summed E-state index contributed by atoms with van der Waals surface area (Å²) < 4.78 is 19.5. The summed E-state index contributed by atoms with van der Waals surface area (Å²) in [6, 6.07) is 21.6. The molecule has 184 valence electrons. The standard InChI is InChI=1S/C29H28FN3O3/c1-20-7-5-10-24(15-20)32-14-13-31(18-21(32)2)28(34)19-33-25-11-3-4-12-26(25)36-27(29(33)35)17-22-8-6-9-23(30)16-22/h3-12,15-17,21H,13-14,18-19H2,1-2H3/b27-17+/t21-/m1/s1. The molecule has 0 saturated carbocycles. The van der Waals surface area contributed by atoms with E-state index in [-0.39, 0.29) is 24.3 Å². The molecule has 3 aromatic carbocycles. The van der Waals surface area contributed by atoms with Crippen LogP contribution in [-0.2, 0) is 9.59 Å². The molecule has 36 heavy (non-hydrogen) atoms. The third kappa shape index (κ3) is 4.82. The first-order valence-corrected chi connectivity index (χ1v) is 12.1. The topological polar surface area (TPSA) is 53.1 Å². The summed E-state index contributed by atoms with van der Waals surface area (Å²) in [4.78, 5) is 32.3. The minimum absolute atomic E-state index is 0.0461. The molecule has 2 heterocycles. The van der Waals surface area contributed by atoms with E-state index in [4.69, 9.17) is 4.74 Å². The van der Waals surface area contributed by atoms with Gasteiger partial charge in [-0.05, 0) is 67.4 Å². The Kier molecular flexibility index (Phi) is 6.46. The number of fused-ring (bicyclic) bond motifs is 1. The highest BCUT2D eigenvalue weighted by molar-refractivity contribution is 6.12. The summed E-state index contributed by atoms with van der Waals surface area (Å²) in [6.45, 7) is 5.94. The van der Waals surface area contributed by atoms with Gasteiger partial charge in [0.1, 0.15) is 12.4 Å². The molecule has 2 amide bonds. The monoisotopic (exact) mass is 485 g/mol. The number of hydrogen-bond acceptors (Lipinski definition) is 4. The van der Waals surface area contributed by atoms with Gasteiger partial charge in [-0.2, -0.15) is 0 Å². The predicted molar refractivity (Wildman–Crippen MR) is 138 cm³/mol. The highest BCUT2D eigenvalue weighted by atomic mass is 19.1. The van der Waals surface area contributed by atoms with E-state index < -0.39 is 11.7 Å². The minimum atomic E-state index is -0.433. The second-order valence-electron chi connectivity index (χ2n) is 9.25. The van der Waals surface area contributed by atoms with Gasteiger partial charge < -0.3 is 14.5 Å². The van der Waals surface area contributed by atoms with Crippen LogP contribution in [0.25, 0.3) is 6.08 Å². The number of rotatable bonds is 4. The molecule has 5 rings (SSSR count). The van der Waals surface area contributed by atoms with Crippen LogP contribution in [0.15, 0.2) is 78.6 Å². The molecule has 0 spiro atoms. The number of ether oxygens (including phenoxy) is 1. The fourth-order valence-corrected chi connectivity index (χ4v) is 4.78. The number of nitrogens with zero attached hydrogens (tertiary/aromatic N) is 3. The molecule has 2 aliphatic heterocycles. The van der Waals surface area contributed by atoms with Crippen molar-refractivity contribution in [1.82, 2.24) is 4.90 Å². The summed E-state index contributed by atoms with van der Waals surface area (Å²) in [7, 11) is 0. The maximum Gasteiger partial charge on any atom is 0.294 e. The highest BCUT2D eigenvalue weighted by Crippen LogP contribution is 2.35. The zero-order valence-electron chi connectivity index (χ0n) is 20.4. The molecule has 1 atom stereocenters. The van der Waals surface area contributed by atoms with Gasteiger partial charge in [-0.15, -0.1) is 0 Å². The Hall–Kier alpha value is -4.13. The molecule has 1 saturated heterocycles. The fourth-order valence-electron chi connectivity index (χ4n) is 4.78. The smallest absolute Gasteiger partial charge is 0.294 e. The van der Waals surface area contributed by atoms with Crippen LogP contribution in [-0.4, -0.2) is 48.9 Å². The third-order valence-electron chi connectivity index (χ3n) is 6.59. The molecule has 2 aliphatic rings. The van der Waals surface area contributed by atoms with Crippen LogP contribution in [0.4, 0.5) is 15.8 Å². The Morgan fingerprint density at radius 2 is 1.86 bits per heavy atom. The molecule has 7 heteroatoms. The second-order valence-corrected chi connectivity index (χ2v) is 9.25. The van der Waals surface area contributed by atoms with Gasteiger partial charge in [-0.1, -0.05) is 36.4 Å². The minimum Gasteiger partial charge on any atom is -0.449 e. The SMILES string of the molecule is Cc1cccc(N2CCN(C(=O)CN3C(=O)/C(=C\c4cccc(F)c4)Oc4ccccc43)C[C@H]2C)c1. The predicted octanol–water partition coefficient (Wildman–Crippen LogP) is 4.64. The summed E-state index contributed by atoms with van der Waals surface area (Å²) in [5.74, 6) is -0.437. The van der Waals surface area contributed by atoms with Gasteiger partial charge in [0.05, 0.1) is 5.69 Å². The summed E-state index contributed by atoms with van der Waals surface area (Å²) in [5.41, 5.74) is 3.40. The summed E-state index contributed by atoms with van der Waals surface area (Å²) >= 11 is 0. The summed E-state index contributed by atoms with van der Waals surface area (Å²) in [5, 5.41) is 0. The fraction of sp³-hybridized carbons (Fsp3) is 0.241. The van der Waals surface area contributed by atoms with E-state index >= 15 is 0 Å². The van der Waals surface area contributed by atoms with Crippen molar-refractivity contribution >= 4 is 29.3 Å². The molecular weight excluding hydrogens is 457 g/mol. The van der Waals surface area contributed by atoms with E-state index in [0.29, 0.717) is 36.6 Å². The number of halogens is 1.